The molecule has 0 aliphatic rings. The first kappa shape index (κ1) is 17.4. The second kappa shape index (κ2) is 7.07. The summed E-state index contributed by atoms with van der Waals surface area (Å²) in [5, 5.41) is 2.04. The SMILES string of the molecule is Nc1ccc(S(=O)(=O)Nc2nccs2)cc1.[Na+].[OH-]. The molecule has 4 N–H and O–H groups in total. The van der Waals surface area contributed by atoms with Gasteiger partial charge in [-0.1, -0.05) is 0 Å². The van der Waals surface area contributed by atoms with E-state index in [1.54, 1.807) is 5.38 Å². The summed E-state index contributed by atoms with van der Waals surface area (Å²) in [5.74, 6) is 0. The molecule has 1 heterocycles. The third kappa shape index (κ3) is 4.23. The molecule has 2 rings (SSSR count). The van der Waals surface area contributed by atoms with Crippen LogP contribution in [0.3, 0.4) is 0 Å². The van der Waals surface area contributed by atoms with Crippen LogP contribution in [0.2, 0.25) is 0 Å². The summed E-state index contributed by atoms with van der Waals surface area (Å²) >= 11 is 1.22. The number of nitrogen functional groups attached to an aromatic ring is 1. The van der Waals surface area contributed by atoms with Gasteiger partial charge in [0.05, 0.1) is 4.90 Å². The van der Waals surface area contributed by atoms with E-state index >= 15 is 0 Å². The predicted octanol–water partition coefficient (Wildman–Crippen LogP) is -1.65. The smallest absolute Gasteiger partial charge is 0.870 e. The second-order valence-corrected chi connectivity index (χ2v) is 5.59. The summed E-state index contributed by atoms with van der Waals surface area (Å²) in [6.45, 7) is 0. The Bertz CT molecular complexity index is 570. The van der Waals surface area contributed by atoms with Gasteiger partial charge in [0.2, 0.25) is 0 Å². The molecule has 0 bridgehead atoms. The van der Waals surface area contributed by atoms with Crippen molar-refractivity contribution >= 4 is 32.2 Å². The topological polar surface area (TPSA) is 115 Å². The molecule has 0 fully saturated rings. The van der Waals surface area contributed by atoms with Crippen molar-refractivity contribution in [2.75, 3.05) is 10.5 Å². The fourth-order valence-corrected chi connectivity index (χ4v) is 2.88. The molecule has 0 unspecified atom stereocenters. The first-order chi connectivity index (χ1) is 7.58. The van der Waals surface area contributed by atoms with Crippen molar-refractivity contribution in [3.05, 3.63) is 35.8 Å². The van der Waals surface area contributed by atoms with Gasteiger partial charge in [0.15, 0.2) is 5.13 Å². The van der Waals surface area contributed by atoms with Crippen LogP contribution in [-0.2, 0) is 10.0 Å². The van der Waals surface area contributed by atoms with Crippen LogP contribution >= 0.6 is 11.3 Å². The van der Waals surface area contributed by atoms with Gasteiger partial charge in [-0.25, -0.2) is 13.4 Å². The van der Waals surface area contributed by atoms with Gasteiger partial charge >= 0.3 is 29.6 Å². The van der Waals surface area contributed by atoms with Crippen molar-refractivity contribution in [2.45, 2.75) is 4.90 Å². The summed E-state index contributed by atoms with van der Waals surface area (Å²) in [6, 6.07) is 5.98. The first-order valence-corrected chi connectivity index (χ1v) is 6.72. The third-order valence-electron chi connectivity index (χ3n) is 1.84. The Hall–Kier alpha value is -0.640. The van der Waals surface area contributed by atoms with Crippen LogP contribution in [-0.4, -0.2) is 18.9 Å². The van der Waals surface area contributed by atoms with Crippen molar-refractivity contribution in [3.63, 3.8) is 0 Å². The van der Waals surface area contributed by atoms with Gasteiger partial charge in [0.25, 0.3) is 10.0 Å². The molecule has 0 aliphatic carbocycles. The molecule has 0 amide bonds. The zero-order valence-electron chi connectivity index (χ0n) is 9.57. The van der Waals surface area contributed by atoms with Gasteiger partial charge in [-0.2, -0.15) is 0 Å². The number of nitrogens with one attached hydrogen (secondary N) is 1. The van der Waals surface area contributed by atoms with E-state index in [4.69, 9.17) is 5.73 Å². The molecular formula is C9H10N3NaO3S2. The summed E-state index contributed by atoms with van der Waals surface area (Å²) in [4.78, 5) is 4.01. The third-order valence-corrected chi connectivity index (χ3v) is 4.02. The van der Waals surface area contributed by atoms with E-state index in [0.29, 0.717) is 10.8 Å². The van der Waals surface area contributed by atoms with Crippen molar-refractivity contribution in [3.8, 4) is 0 Å². The summed E-state index contributed by atoms with van der Waals surface area (Å²) in [7, 11) is -3.56. The number of hydrogen-bond acceptors (Lipinski definition) is 6. The normalized spacial score (nSPS) is 10.0. The molecule has 92 valence electrons. The number of nitrogens with zero attached hydrogens (tertiary/aromatic N) is 1. The van der Waals surface area contributed by atoms with E-state index in [0.717, 1.165) is 0 Å². The average molecular weight is 295 g/mol. The second-order valence-electron chi connectivity index (χ2n) is 3.01. The maximum atomic E-state index is 11.8. The van der Waals surface area contributed by atoms with Crippen LogP contribution in [0, 0.1) is 0 Å². The molecule has 0 aliphatic heterocycles. The van der Waals surface area contributed by atoms with E-state index in [-0.39, 0.29) is 39.9 Å². The molecule has 1 aromatic carbocycles. The molecule has 1 aromatic heterocycles. The number of thiazole rings is 1. The van der Waals surface area contributed by atoms with Crippen molar-refractivity contribution in [1.82, 2.24) is 4.98 Å². The van der Waals surface area contributed by atoms with Crippen molar-refractivity contribution in [1.29, 1.82) is 0 Å². The molecule has 2 aromatic rings. The van der Waals surface area contributed by atoms with Gasteiger partial charge in [0, 0.05) is 17.3 Å². The molecule has 0 radical (unpaired) electrons. The maximum Gasteiger partial charge on any atom is 1.00 e. The Morgan fingerprint density at radius 3 is 2.33 bits per heavy atom. The number of aromatic nitrogens is 1. The van der Waals surface area contributed by atoms with Gasteiger partial charge in [-0.15, -0.1) is 11.3 Å². The standard InChI is InChI=1S/C9H9N3O2S2.Na.H2O/c10-7-1-3-8(4-2-7)16(13,14)12-9-11-5-6-15-9;;/h1-6H,10H2,(H,11,12);;1H2/q;+1;/p-1. The van der Waals surface area contributed by atoms with Crippen LogP contribution in [0.1, 0.15) is 0 Å². The summed E-state index contributed by atoms with van der Waals surface area (Å²) in [5.41, 5.74) is 6.00. The molecule has 0 atom stereocenters. The monoisotopic (exact) mass is 295 g/mol. The summed E-state index contributed by atoms with van der Waals surface area (Å²) < 4.78 is 26.0. The van der Waals surface area contributed by atoms with Crippen molar-refractivity contribution in [2.24, 2.45) is 0 Å². The number of anilines is 2. The molecule has 0 spiro atoms. The van der Waals surface area contributed by atoms with Crippen LogP contribution in [0.25, 0.3) is 0 Å². The van der Waals surface area contributed by atoms with Crippen LogP contribution in [0.5, 0.6) is 0 Å². The Morgan fingerprint density at radius 1 is 1.22 bits per heavy atom. The van der Waals surface area contributed by atoms with E-state index in [2.05, 4.69) is 9.71 Å². The summed E-state index contributed by atoms with van der Waals surface area (Å²) in [6.07, 6.45) is 1.53. The quantitative estimate of drug-likeness (QED) is 0.520. The maximum absolute atomic E-state index is 11.8. The van der Waals surface area contributed by atoms with Gasteiger partial charge in [0.1, 0.15) is 0 Å². The Balaban J connectivity index is 0.00000144. The minimum Gasteiger partial charge on any atom is -0.870 e. The first-order valence-electron chi connectivity index (χ1n) is 4.36. The minimum absolute atomic E-state index is 0. The number of benzene rings is 1. The molecule has 9 heteroatoms. The van der Waals surface area contributed by atoms with E-state index in [9.17, 15) is 8.42 Å². The predicted molar refractivity (Wildman–Crippen MR) is 65.7 cm³/mol. The fraction of sp³-hybridized carbons (Fsp3) is 0. The van der Waals surface area contributed by atoms with Crippen LogP contribution < -0.4 is 40.0 Å². The van der Waals surface area contributed by atoms with E-state index < -0.39 is 10.0 Å². The number of nitrogens with two attached hydrogens (primary N) is 1. The minimum atomic E-state index is -3.56. The number of hydrogen-bond donors (Lipinski definition) is 2. The van der Waals surface area contributed by atoms with E-state index in [1.165, 1.54) is 41.8 Å². The molecule has 0 saturated carbocycles. The van der Waals surface area contributed by atoms with Crippen LogP contribution in [0.4, 0.5) is 10.8 Å². The molecule has 18 heavy (non-hydrogen) atoms. The zero-order chi connectivity index (χ0) is 11.6. The molecule has 0 saturated heterocycles. The van der Waals surface area contributed by atoms with Crippen LogP contribution in [0.15, 0.2) is 40.7 Å². The van der Waals surface area contributed by atoms with Crippen molar-refractivity contribution < 1.29 is 43.5 Å². The Morgan fingerprint density at radius 2 is 1.83 bits per heavy atom. The molecular weight excluding hydrogens is 285 g/mol. The fourth-order valence-electron chi connectivity index (χ4n) is 1.09. The largest absolute Gasteiger partial charge is 1.00 e. The Labute approximate surface area is 131 Å². The average Bonchev–Trinajstić information content (AvgIpc) is 2.70. The number of sulfonamides is 1. The number of rotatable bonds is 3. The molecule has 6 nitrogen and oxygen atoms in total. The van der Waals surface area contributed by atoms with Gasteiger partial charge < -0.3 is 11.2 Å². The van der Waals surface area contributed by atoms with Gasteiger partial charge in [-0.05, 0) is 24.3 Å². The Kier molecular flexibility index (Phi) is 6.82. The van der Waals surface area contributed by atoms with Gasteiger partial charge in [-0.3, -0.25) is 4.72 Å². The van der Waals surface area contributed by atoms with E-state index in [1.807, 2.05) is 0 Å². The zero-order valence-corrected chi connectivity index (χ0v) is 13.2.